The fourth-order valence-electron chi connectivity index (χ4n) is 4.18. The quantitative estimate of drug-likeness (QED) is 0.423. The Hall–Kier alpha value is -3.52. The van der Waals surface area contributed by atoms with Crippen LogP contribution in [0, 0.1) is 0 Å². The van der Waals surface area contributed by atoms with E-state index in [0.717, 1.165) is 35.5 Å². The third-order valence-electron chi connectivity index (χ3n) is 6.00. The number of ether oxygens (including phenoxy) is 1. The van der Waals surface area contributed by atoms with Gasteiger partial charge in [0.25, 0.3) is 5.91 Å². The predicted molar refractivity (Wildman–Crippen MR) is 132 cm³/mol. The van der Waals surface area contributed by atoms with Crippen LogP contribution in [-0.4, -0.2) is 52.2 Å². The molecule has 2 N–H and O–H groups in total. The number of rotatable bonds is 8. The van der Waals surface area contributed by atoms with Gasteiger partial charge >= 0.3 is 0 Å². The number of H-pyrrole nitrogens is 1. The Labute approximate surface area is 199 Å². The molecule has 7 nitrogen and oxygen atoms in total. The Morgan fingerprint density at radius 2 is 1.59 bits per heavy atom. The van der Waals surface area contributed by atoms with E-state index < -0.39 is 0 Å². The molecule has 1 aliphatic rings. The van der Waals surface area contributed by atoms with Gasteiger partial charge in [0.15, 0.2) is 0 Å². The van der Waals surface area contributed by atoms with Crippen molar-refractivity contribution in [3.8, 4) is 0 Å². The molecule has 34 heavy (non-hydrogen) atoms. The van der Waals surface area contributed by atoms with Crippen molar-refractivity contribution in [1.82, 2.24) is 25.3 Å². The van der Waals surface area contributed by atoms with Crippen molar-refractivity contribution in [2.24, 2.45) is 0 Å². The van der Waals surface area contributed by atoms with Gasteiger partial charge in [0.2, 0.25) is 0 Å². The Kier molecular flexibility index (Phi) is 6.95. The van der Waals surface area contributed by atoms with E-state index in [1.165, 1.54) is 5.56 Å². The maximum atomic E-state index is 13.6. The number of hydrogen-bond acceptors (Lipinski definition) is 5. The van der Waals surface area contributed by atoms with E-state index in [1.807, 2.05) is 66.7 Å². The van der Waals surface area contributed by atoms with E-state index in [0.29, 0.717) is 38.4 Å². The molecule has 0 radical (unpaired) electrons. The average molecular weight is 456 g/mol. The van der Waals surface area contributed by atoms with Crippen molar-refractivity contribution in [2.75, 3.05) is 26.3 Å². The molecule has 3 aromatic carbocycles. The highest BCUT2D eigenvalue weighted by Crippen LogP contribution is 2.17. The van der Waals surface area contributed by atoms with Crippen LogP contribution in [0.3, 0.4) is 0 Å². The van der Waals surface area contributed by atoms with Gasteiger partial charge in [0.1, 0.15) is 5.82 Å². The zero-order valence-electron chi connectivity index (χ0n) is 19.1. The molecule has 174 valence electrons. The van der Waals surface area contributed by atoms with Gasteiger partial charge in [-0.05, 0) is 35.4 Å². The lowest BCUT2D eigenvalue weighted by Crippen LogP contribution is -2.51. The molecule has 4 aromatic rings. The molecule has 1 amide bonds. The highest BCUT2D eigenvalue weighted by atomic mass is 16.5. The largest absolute Gasteiger partial charge is 0.379 e. The fraction of sp³-hybridized carbons (Fsp3) is 0.259. The van der Waals surface area contributed by atoms with Crippen LogP contribution in [0.1, 0.15) is 27.3 Å². The van der Waals surface area contributed by atoms with Crippen molar-refractivity contribution in [2.45, 2.75) is 19.6 Å². The van der Waals surface area contributed by atoms with Crippen LogP contribution in [0.2, 0.25) is 0 Å². The van der Waals surface area contributed by atoms with Gasteiger partial charge in [0, 0.05) is 31.7 Å². The number of amides is 1. The summed E-state index contributed by atoms with van der Waals surface area (Å²) in [6.45, 7) is 4.50. The summed E-state index contributed by atoms with van der Waals surface area (Å²) < 4.78 is 5.51. The van der Waals surface area contributed by atoms with E-state index in [1.54, 1.807) is 5.01 Å². The number of fused-ring (bicyclic) bond motifs is 1. The van der Waals surface area contributed by atoms with Gasteiger partial charge in [-0.3, -0.25) is 9.80 Å². The average Bonchev–Trinajstić information content (AvgIpc) is 3.31. The summed E-state index contributed by atoms with van der Waals surface area (Å²) in [5.74, 6) is 0.730. The molecular weight excluding hydrogens is 426 g/mol. The minimum Gasteiger partial charge on any atom is -0.379 e. The number of carbonyl (C=O) groups is 1. The lowest BCUT2D eigenvalue weighted by atomic mass is 10.1. The lowest BCUT2D eigenvalue weighted by molar-refractivity contribution is -0.0748. The first-order chi connectivity index (χ1) is 16.8. The van der Waals surface area contributed by atoms with Gasteiger partial charge in [-0.1, -0.05) is 54.6 Å². The SMILES string of the molecule is O=C(c1ccc(CNCc2ccccc2)cc1)N(Cc1nc2ccccc2[nH]1)N1CCOCC1. The Morgan fingerprint density at radius 3 is 2.32 bits per heavy atom. The van der Waals surface area contributed by atoms with Gasteiger partial charge in [-0.2, -0.15) is 0 Å². The number of carbonyl (C=O) groups excluding carboxylic acids is 1. The van der Waals surface area contributed by atoms with E-state index in [9.17, 15) is 4.79 Å². The maximum Gasteiger partial charge on any atom is 0.268 e. The summed E-state index contributed by atoms with van der Waals surface area (Å²) in [6.07, 6.45) is 0. The zero-order valence-corrected chi connectivity index (χ0v) is 19.1. The van der Waals surface area contributed by atoms with Crippen LogP contribution in [0.4, 0.5) is 0 Å². The molecule has 1 fully saturated rings. The van der Waals surface area contributed by atoms with Crippen molar-refractivity contribution >= 4 is 16.9 Å². The summed E-state index contributed by atoms with van der Waals surface area (Å²) in [6, 6.07) is 26.1. The maximum absolute atomic E-state index is 13.6. The third-order valence-corrected chi connectivity index (χ3v) is 6.00. The summed E-state index contributed by atoms with van der Waals surface area (Å²) in [4.78, 5) is 21.6. The molecule has 2 heterocycles. The first-order valence-electron chi connectivity index (χ1n) is 11.7. The van der Waals surface area contributed by atoms with Crippen molar-refractivity contribution in [3.05, 3.63) is 101 Å². The predicted octanol–water partition coefficient (Wildman–Crippen LogP) is 3.74. The van der Waals surface area contributed by atoms with E-state index >= 15 is 0 Å². The minimum atomic E-state index is -0.0360. The van der Waals surface area contributed by atoms with Crippen LogP contribution >= 0.6 is 0 Å². The second-order valence-electron chi connectivity index (χ2n) is 8.42. The number of morpholine rings is 1. The molecule has 1 aromatic heterocycles. The van der Waals surface area contributed by atoms with Gasteiger partial charge in [-0.25, -0.2) is 9.99 Å². The molecule has 1 saturated heterocycles. The number of benzene rings is 3. The number of hydrogen-bond donors (Lipinski definition) is 2. The molecule has 0 spiro atoms. The second-order valence-corrected chi connectivity index (χ2v) is 8.42. The molecule has 0 bridgehead atoms. The number of imidazole rings is 1. The first kappa shape index (κ1) is 22.3. The zero-order chi connectivity index (χ0) is 23.2. The Morgan fingerprint density at radius 1 is 0.912 bits per heavy atom. The van der Waals surface area contributed by atoms with E-state index in [4.69, 9.17) is 4.74 Å². The molecule has 5 rings (SSSR count). The lowest BCUT2D eigenvalue weighted by Gasteiger charge is -2.36. The minimum absolute atomic E-state index is 0.0360. The number of aromatic amines is 1. The van der Waals surface area contributed by atoms with Crippen LogP contribution in [0.25, 0.3) is 11.0 Å². The second kappa shape index (κ2) is 10.6. The van der Waals surface area contributed by atoms with Crippen molar-refractivity contribution < 1.29 is 9.53 Å². The normalized spacial score (nSPS) is 14.4. The van der Waals surface area contributed by atoms with Gasteiger partial charge in [0.05, 0.1) is 30.8 Å². The number of hydrazine groups is 1. The van der Waals surface area contributed by atoms with Crippen LogP contribution < -0.4 is 5.32 Å². The van der Waals surface area contributed by atoms with Crippen molar-refractivity contribution in [1.29, 1.82) is 0 Å². The fourth-order valence-corrected chi connectivity index (χ4v) is 4.18. The Balaban J connectivity index is 1.28. The standard InChI is InChI=1S/C27H29N5O2/c33-27(23-12-10-22(11-13-23)19-28-18-21-6-2-1-3-7-21)32(31-14-16-34-17-15-31)20-26-29-24-8-4-5-9-25(24)30-26/h1-13,28H,14-20H2,(H,29,30). The van der Waals surface area contributed by atoms with Crippen LogP contribution in [0.5, 0.6) is 0 Å². The Bertz CT molecular complexity index is 1180. The molecule has 7 heteroatoms. The molecule has 0 unspecified atom stereocenters. The summed E-state index contributed by atoms with van der Waals surface area (Å²) >= 11 is 0. The van der Waals surface area contributed by atoms with Crippen molar-refractivity contribution in [3.63, 3.8) is 0 Å². The third kappa shape index (κ3) is 5.34. The first-order valence-corrected chi connectivity index (χ1v) is 11.7. The van der Waals surface area contributed by atoms with Crippen LogP contribution in [0.15, 0.2) is 78.9 Å². The highest BCUT2D eigenvalue weighted by molar-refractivity contribution is 5.94. The molecule has 0 atom stereocenters. The van der Waals surface area contributed by atoms with Crippen LogP contribution in [-0.2, 0) is 24.4 Å². The van der Waals surface area contributed by atoms with E-state index in [2.05, 4.69) is 32.4 Å². The smallest absolute Gasteiger partial charge is 0.268 e. The molecule has 1 aliphatic heterocycles. The van der Waals surface area contributed by atoms with E-state index in [-0.39, 0.29) is 5.91 Å². The molecular formula is C27H29N5O2. The van der Waals surface area contributed by atoms with Gasteiger partial charge < -0.3 is 15.0 Å². The monoisotopic (exact) mass is 455 g/mol. The molecule has 0 aliphatic carbocycles. The van der Waals surface area contributed by atoms with Gasteiger partial charge in [-0.15, -0.1) is 0 Å². The number of nitrogens with one attached hydrogen (secondary N) is 2. The number of nitrogens with zero attached hydrogens (tertiary/aromatic N) is 3. The number of para-hydroxylation sites is 2. The highest BCUT2D eigenvalue weighted by Gasteiger charge is 2.26. The summed E-state index contributed by atoms with van der Waals surface area (Å²) in [5, 5.41) is 7.31. The number of aromatic nitrogens is 2. The topological polar surface area (TPSA) is 73.5 Å². The molecule has 0 saturated carbocycles. The summed E-state index contributed by atoms with van der Waals surface area (Å²) in [5.41, 5.74) is 4.93. The summed E-state index contributed by atoms with van der Waals surface area (Å²) in [7, 11) is 0.